The number of carbonyl (C=O) groups is 1. The van der Waals surface area contributed by atoms with Gasteiger partial charge in [0.1, 0.15) is 5.82 Å². The van der Waals surface area contributed by atoms with Gasteiger partial charge < -0.3 is 10.2 Å². The zero-order valence-corrected chi connectivity index (χ0v) is 13.3. The van der Waals surface area contributed by atoms with E-state index in [2.05, 4.69) is 10.3 Å². The Kier molecular flexibility index (Phi) is 5.49. The van der Waals surface area contributed by atoms with Gasteiger partial charge in [0.2, 0.25) is 5.91 Å². The lowest BCUT2D eigenvalue weighted by atomic mass is 10.3. The molecule has 0 unspecified atom stereocenters. The van der Waals surface area contributed by atoms with Crippen molar-refractivity contribution in [3.63, 3.8) is 0 Å². The average Bonchev–Trinajstić information content (AvgIpc) is 2.86. The molecule has 0 aliphatic carbocycles. The van der Waals surface area contributed by atoms with Crippen LogP contribution in [0.5, 0.6) is 0 Å². The summed E-state index contributed by atoms with van der Waals surface area (Å²) >= 11 is 0. The maximum atomic E-state index is 11.8. The number of benzene rings is 1. The van der Waals surface area contributed by atoms with Crippen molar-refractivity contribution in [1.82, 2.24) is 19.8 Å². The molecule has 2 rings (SSSR count). The Balaban J connectivity index is 2.03. The van der Waals surface area contributed by atoms with E-state index in [1.807, 2.05) is 66.9 Å². The lowest BCUT2D eigenvalue weighted by molar-refractivity contribution is -0.116. The third-order valence-corrected chi connectivity index (χ3v) is 3.21. The first-order valence-corrected chi connectivity index (χ1v) is 7.25. The number of nitrogens with zero attached hydrogens (tertiary/aromatic N) is 3. The van der Waals surface area contributed by atoms with Crippen LogP contribution in [-0.4, -0.2) is 41.0 Å². The zero-order chi connectivity index (χ0) is 15.9. The fourth-order valence-corrected chi connectivity index (χ4v) is 2.15. The van der Waals surface area contributed by atoms with Gasteiger partial charge in [-0.1, -0.05) is 24.3 Å². The number of hydrogen-bond acceptors (Lipinski definition) is 3. The number of aryl methyl sites for hydroxylation is 1. The molecule has 0 aliphatic rings. The summed E-state index contributed by atoms with van der Waals surface area (Å²) in [5.41, 5.74) is 2.00. The summed E-state index contributed by atoms with van der Waals surface area (Å²) in [6, 6.07) is 10.0. The average molecular weight is 298 g/mol. The molecule has 0 saturated heterocycles. The molecule has 1 amide bonds. The second-order valence-electron chi connectivity index (χ2n) is 5.35. The van der Waals surface area contributed by atoms with Crippen LogP contribution in [-0.2, 0) is 11.3 Å². The van der Waals surface area contributed by atoms with E-state index in [1.54, 1.807) is 12.3 Å². The van der Waals surface area contributed by atoms with Crippen molar-refractivity contribution in [1.29, 1.82) is 0 Å². The summed E-state index contributed by atoms with van der Waals surface area (Å²) in [7, 11) is 3.92. The Bertz CT molecular complexity index is 644. The van der Waals surface area contributed by atoms with E-state index in [-0.39, 0.29) is 5.91 Å². The van der Waals surface area contributed by atoms with Gasteiger partial charge in [0.25, 0.3) is 0 Å². The smallest absolute Gasteiger partial charge is 0.244 e. The molecule has 22 heavy (non-hydrogen) atoms. The van der Waals surface area contributed by atoms with Crippen molar-refractivity contribution >= 4 is 5.91 Å². The second-order valence-corrected chi connectivity index (χ2v) is 5.35. The lowest BCUT2D eigenvalue weighted by Gasteiger charge is -2.10. The van der Waals surface area contributed by atoms with Crippen LogP contribution in [0.15, 0.2) is 48.7 Å². The SMILES string of the molecule is Cc1ncc(CNC(=O)/C=C/CN(C)C)n1-c1ccccc1. The molecular weight excluding hydrogens is 276 g/mol. The van der Waals surface area contributed by atoms with Gasteiger partial charge in [0.15, 0.2) is 0 Å². The van der Waals surface area contributed by atoms with Crippen LogP contribution in [0.25, 0.3) is 5.69 Å². The maximum absolute atomic E-state index is 11.8. The van der Waals surface area contributed by atoms with Crippen LogP contribution in [0.4, 0.5) is 0 Å². The van der Waals surface area contributed by atoms with Crippen LogP contribution >= 0.6 is 0 Å². The molecule has 5 nitrogen and oxygen atoms in total. The Morgan fingerprint density at radius 3 is 2.73 bits per heavy atom. The topological polar surface area (TPSA) is 50.2 Å². The van der Waals surface area contributed by atoms with E-state index in [4.69, 9.17) is 0 Å². The Labute approximate surface area is 131 Å². The molecule has 116 valence electrons. The molecule has 2 aromatic rings. The summed E-state index contributed by atoms with van der Waals surface area (Å²) in [5.74, 6) is 0.805. The van der Waals surface area contributed by atoms with E-state index >= 15 is 0 Å². The number of likely N-dealkylation sites (N-methyl/N-ethyl adjacent to an activating group) is 1. The predicted molar refractivity (Wildman–Crippen MR) is 87.8 cm³/mol. The standard InChI is InChI=1S/C17H22N4O/c1-14-18-12-16(21(14)15-8-5-4-6-9-15)13-19-17(22)10-7-11-20(2)3/h4-10,12H,11,13H2,1-3H3,(H,19,22)/b10-7+. The predicted octanol–water partition coefficient (Wildman–Crippen LogP) is 1.91. The van der Waals surface area contributed by atoms with Crippen molar-refractivity contribution in [2.45, 2.75) is 13.5 Å². The van der Waals surface area contributed by atoms with E-state index in [9.17, 15) is 4.79 Å². The Morgan fingerprint density at radius 1 is 1.32 bits per heavy atom. The van der Waals surface area contributed by atoms with Gasteiger partial charge in [-0.25, -0.2) is 4.98 Å². The zero-order valence-electron chi connectivity index (χ0n) is 13.3. The van der Waals surface area contributed by atoms with Gasteiger partial charge in [-0.2, -0.15) is 0 Å². The van der Waals surface area contributed by atoms with Crippen molar-refractivity contribution in [3.8, 4) is 5.69 Å². The van der Waals surface area contributed by atoms with Gasteiger partial charge in [0.05, 0.1) is 18.4 Å². The van der Waals surface area contributed by atoms with Crippen molar-refractivity contribution in [3.05, 3.63) is 60.2 Å². The van der Waals surface area contributed by atoms with E-state index in [1.165, 1.54) is 0 Å². The minimum atomic E-state index is -0.0969. The first-order valence-electron chi connectivity index (χ1n) is 7.25. The minimum absolute atomic E-state index is 0.0969. The Morgan fingerprint density at radius 2 is 2.05 bits per heavy atom. The summed E-state index contributed by atoms with van der Waals surface area (Å²) in [4.78, 5) is 18.1. The molecule has 0 saturated carbocycles. The molecule has 0 spiro atoms. The molecule has 1 aromatic heterocycles. The molecule has 0 bridgehead atoms. The third-order valence-electron chi connectivity index (χ3n) is 3.21. The highest BCUT2D eigenvalue weighted by molar-refractivity contribution is 5.87. The minimum Gasteiger partial charge on any atom is -0.347 e. The summed E-state index contributed by atoms with van der Waals surface area (Å²) in [6.07, 6.45) is 5.21. The van der Waals surface area contributed by atoms with Crippen LogP contribution in [0, 0.1) is 6.92 Å². The molecule has 0 atom stereocenters. The van der Waals surface area contributed by atoms with Crippen LogP contribution in [0.2, 0.25) is 0 Å². The second kappa shape index (κ2) is 7.56. The normalized spacial score (nSPS) is 11.3. The Hall–Kier alpha value is -2.40. The number of nitrogens with one attached hydrogen (secondary N) is 1. The molecule has 1 N–H and O–H groups in total. The van der Waals surface area contributed by atoms with E-state index in [0.717, 1.165) is 23.8 Å². The number of aromatic nitrogens is 2. The molecule has 0 radical (unpaired) electrons. The van der Waals surface area contributed by atoms with Gasteiger partial charge in [-0.05, 0) is 33.2 Å². The largest absolute Gasteiger partial charge is 0.347 e. The van der Waals surface area contributed by atoms with Gasteiger partial charge in [-0.3, -0.25) is 9.36 Å². The number of para-hydroxylation sites is 1. The summed E-state index contributed by atoms with van der Waals surface area (Å²) in [5, 5.41) is 2.89. The van der Waals surface area contributed by atoms with Crippen molar-refractivity contribution in [2.75, 3.05) is 20.6 Å². The first-order chi connectivity index (χ1) is 10.6. The maximum Gasteiger partial charge on any atom is 0.244 e. The number of rotatable bonds is 6. The molecule has 1 aromatic carbocycles. The molecule has 5 heteroatoms. The van der Waals surface area contributed by atoms with Gasteiger partial charge in [0, 0.05) is 18.3 Å². The molecule has 1 heterocycles. The summed E-state index contributed by atoms with van der Waals surface area (Å²) in [6.45, 7) is 3.14. The van der Waals surface area contributed by atoms with Crippen molar-refractivity contribution < 1.29 is 4.79 Å². The van der Waals surface area contributed by atoms with Gasteiger partial charge in [-0.15, -0.1) is 0 Å². The van der Waals surface area contributed by atoms with Gasteiger partial charge >= 0.3 is 0 Å². The molecular formula is C17H22N4O. The fourth-order valence-electron chi connectivity index (χ4n) is 2.15. The highest BCUT2D eigenvalue weighted by atomic mass is 16.1. The van der Waals surface area contributed by atoms with Crippen LogP contribution < -0.4 is 5.32 Å². The molecule has 0 fully saturated rings. The quantitative estimate of drug-likeness (QED) is 0.829. The van der Waals surface area contributed by atoms with E-state index in [0.29, 0.717) is 6.54 Å². The highest BCUT2D eigenvalue weighted by Gasteiger charge is 2.08. The van der Waals surface area contributed by atoms with Crippen LogP contribution in [0.1, 0.15) is 11.5 Å². The third kappa shape index (κ3) is 4.30. The number of carbonyl (C=O) groups excluding carboxylic acids is 1. The number of amides is 1. The molecule has 0 aliphatic heterocycles. The number of imidazole rings is 1. The number of hydrogen-bond donors (Lipinski definition) is 1. The monoisotopic (exact) mass is 298 g/mol. The van der Waals surface area contributed by atoms with Crippen LogP contribution in [0.3, 0.4) is 0 Å². The fraction of sp³-hybridized carbons (Fsp3) is 0.294. The lowest BCUT2D eigenvalue weighted by Crippen LogP contribution is -2.22. The van der Waals surface area contributed by atoms with E-state index < -0.39 is 0 Å². The highest BCUT2D eigenvalue weighted by Crippen LogP contribution is 2.14. The summed E-state index contributed by atoms with van der Waals surface area (Å²) < 4.78 is 2.05. The first kappa shape index (κ1) is 16.0. The van der Waals surface area contributed by atoms with Crippen molar-refractivity contribution in [2.24, 2.45) is 0 Å².